The lowest BCUT2D eigenvalue weighted by Gasteiger charge is -2.40. The van der Waals surface area contributed by atoms with Crippen molar-refractivity contribution in [1.29, 1.82) is 0 Å². The molecule has 1 spiro atoms. The van der Waals surface area contributed by atoms with Gasteiger partial charge in [-0.05, 0) is 72.6 Å². The molecule has 0 unspecified atom stereocenters. The van der Waals surface area contributed by atoms with Crippen molar-refractivity contribution < 1.29 is 18.7 Å². The number of anilines is 1. The van der Waals surface area contributed by atoms with Gasteiger partial charge >= 0.3 is 5.97 Å². The second-order valence-corrected chi connectivity index (χ2v) is 14.0. The van der Waals surface area contributed by atoms with Gasteiger partial charge in [-0.1, -0.05) is 62.7 Å². The number of nitrogens with zero attached hydrogens (tertiary/aromatic N) is 3. The number of imidazole rings is 1. The highest BCUT2D eigenvalue weighted by Gasteiger charge is 2.69. The zero-order valence-corrected chi connectivity index (χ0v) is 26.8. The average molecular weight is 664 g/mol. The van der Waals surface area contributed by atoms with Gasteiger partial charge in [0.15, 0.2) is 0 Å². The third-order valence-electron chi connectivity index (χ3n) is 10.5. The number of hydrogen-bond donors (Lipinski definition) is 1. The maximum absolute atomic E-state index is 16.3. The Balaban J connectivity index is 0.00000338. The van der Waals surface area contributed by atoms with Crippen LogP contribution in [0.5, 0.6) is 0 Å². The minimum absolute atomic E-state index is 0. The number of benzene rings is 3. The predicted molar refractivity (Wildman–Crippen MR) is 178 cm³/mol. The first-order valence-corrected chi connectivity index (χ1v) is 16.3. The fourth-order valence-electron chi connectivity index (χ4n) is 8.42. The molecule has 10 heteroatoms. The van der Waals surface area contributed by atoms with Gasteiger partial charge in [0, 0.05) is 47.2 Å². The van der Waals surface area contributed by atoms with Gasteiger partial charge < -0.3 is 14.6 Å². The minimum Gasteiger partial charge on any atom is -0.465 e. The number of likely N-dealkylation sites (tertiary alicyclic amines) is 1. The molecule has 7 nitrogen and oxygen atoms in total. The van der Waals surface area contributed by atoms with E-state index in [2.05, 4.69) is 14.8 Å². The summed E-state index contributed by atoms with van der Waals surface area (Å²) in [7, 11) is 1.38. The molecular formula is C36H37Cl2FN4O3. The second-order valence-electron chi connectivity index (χ2n) is 13.2. The van der Waals surface area contributed by atoms with Crippen LogP contribution in [-0.2, 0) is 21.6 Å². The van der Waals surface area contributed by atoms with Crippen LogP contribution in [0.2, 0.25) is 10.0 Å². The van der Waals surface area contributed by atoms with Crippen molar-refractivity contribution in [1.82, 2.24) is 14.5 Å². The summed E-state index contributed by atoms with van der Waals surface area (Å²) in [5.41, 5.74) is 3.62. The number of aryl methyl sites for hydroxylation is 1. The maximum Gasteiger partial charge on any atom is 0.338 e. The zero-order chi connectivity index (χ0) is 31.4. The van der Waals surface area contributed by atoms with Crippen LogP contribution in [0.25, 0.3) is 11.0 Å². The molecule has 1 saturated heterocycles. The Hall–Kier alpha value is -3.46. The van der Waals surface area contributed by atoms with E-state index in [1.807, 2.05) is 38.1 Å². The Kier molecular flexibility index (Phi) is 7.50. The molecule has 0 bridgehead atoms. The van der Waals surface area contributed by atoms with Crippen LogP contribution in [0.3, 0.4) is 0 Å². The lowest BCUT2D eigenvalue weighted by molar-refractivity contribution is -0.128. The van der Waals surface area contributed by atoms with E-state index in [1.165, 1.54) is 7.11 Å². The van der Waals surface area contributed by atoms with Crippen molar-refractivity contribution in [3.05, 3.63) is 92.5 Å². The van der Waals surface area contributed by atoms with Gasteiger partial charge in [-0.3, -0.25) is 9.69 Å². The summed E-state index contributed by atoms with van der Waals surface area (Å²) in [6, 6.07) is 14.3. The molecule has 1 aliphatic carbocycles. The highest BCUT2D eigenvalue weighted by Crippen LogP contribution is 2.64. The van der Waals surface area contributed by atoms with Crippen molar-refractivity contribution in [3.8, 4) is 0 Å². The van der Waals surface area contributed by atoms with Crippen molar-refractivity contribution in [2.24, 2.45) is 5.92 Å². The third-order valence-corrected chi connectivity index (χ3v) is 11.0. The van der Waals surface area contributed by atoms with Gasteiger partial charge in [0.25, 0.3) is 0 Å². The van der Waals surface area contributed by atoms with Crippen molar-refractivity contribution in [3.63, 3.8) is 0 Å². The van der Waals surface area contributed by atoms with Crippen LogP contribution in [0.15, 0.2) is 48.5 Å². The summed E-state index contributed by atoms with van der Waals surface area (Å²) >= 11 is 12.9. The molecule has 0 radical (unpaired) electrons. The number of fused-ring (bicyclic) bond motifs is 7. The third kappa shape index (κ3) is 4.29. The summed E-state index contributed by atoms with van der Waals surface area (Å²) in [4.78, 5) is 35.0. The summed E-state index contributed by atoms with van der Waals surface area (Å²) in [5.74, 6) is -0.754. The summed E-state index contributed by atoms with van der Waals surface area (Å²) in [6.07, 6.45) is 2.95. The Morgan fingerprint density at radius 3 is 2.65 bits per heavy atom. The van der Waals surface area contributed by atoms with Crippen LogP contribution in [0.4, 0.5) is 10.1 Å². The Bertz CT molecular complexity index is 1920. The topological polar surface area (TPSA) is 76.5 Å². The number of ether oxygens (including phenoxy) is 1. The Morgan fingerprint density at radius 2 is 1.93 bits per heavy atom. The molecule has 4 heterocycles. The SMILES string of the molecule is C.COC(=O)c1cc2nc3n(c2cc1C(C)C)CC[C@H]1[C@@H]3[C@H](c2cccc(Cl)c2F)[C@]2(C(=O)Nc3cc(Cl)ccc32)N1CC1CC1. The first-order chi connectivity index (χ1) is 21.6. The standard InChI is InChI=1S/C35H33Cl2FN4O3.CH4/c1-17(2)21-15-28-26(14-22(21)33(43)45-3)39-32-29-27(11-12-41(28)32)42(16-18-7-8-18)35(30(29)20-5-4-6-24(37)31(20)38)23-10-9-19(36)13-25(23)40-34(35)44;/h4-6,9-10,13-15,17-18,27,29-30H,7-8,11-12,16H2,1-3H3,(H,40,44);1H4/t27-,29+,30-,35+;/m0./s1. The van der Waals surface area contributed by atoms with Gasteiger partial charge in [0.1, 0.15) is 17.2 Å². The zero-order valence-electron chi connectivity index (χ0n) is 25.2. The van der Waals surface area contributed by atoms with Crippen molar-refractivity contribution in [2.45, 2.75) is 76.4 Å². The van der Waals surface area contributed by atoms with Crippen molar-refractivity contribution >= 4 is 51.8 Å². The molecule has 1 saturated carbocycles. The molecule has 8 rings (SSSR count). The molecular weight excluding hydrogens is 626 g/mol. The number of amides is 1. The molecule has 1 aromatic heterocycles. The smallest absolute Gasteiger partial charge is 0.338 e. The quantitative estimate of drug-likeness (QED) is 0.218. The van der Waals surface area contributed by atoms with E-state index in [4.69, 9.17) is 32.9 Å². The molecule has 46 heavy (non-hydrogen) atoms. The fourth-order valence-corrected chi connectivity index (χ4v) is 8.77. The largest absolute Gasteiger partial charge is 0.465 e. The van der Waals surface area contributed by atoms with Gasteiger partial charge in [-0.2, -0.15) is 0 Å². The number of esters is 1. The lowest BCUT2D eigenvalue weighted by atomic mass is 9.70. The molecule has 3 aromatic carbocycles. The van der Waals surface area contributed by atoms with E-state index < -0.39 is 23.2 Å². The normalized spacial score (nSPS) is 24.9. The maximum atomic E-state index is 16.3. The summed E-state index contributed by atoms with van der Waals surface area (Å²) in [6.45, 7) is 5.50. The lowest BCUT2D eigenvalue weighted by Crippen LogP contribution is -2.53. The van der Waals surface area contributed by atoms with E-state index in [-0.39, 0.29) is 36.2 Å². The van der Waals surface area contributed by atoms with E-state index in [0.29, 0.717) is 39.8 Å². The van der Waals surface area contributed by atoms with Gasteiger partial charge in [-0.15, -0.1) is 0 Å². The molecule has 1 amide bonds. The number of carbonyl (C=O) groups excluding carboxylic acids is 2. The molecule has 240 valence electrons. The van der Waals surface area contributed by atoms with E-state index >= 15 is 4.39 Å². The number of aromatic nitrogens is 2. The highest BCUT2D eigenvalue weighted by atomic mass is 35.5. The van der Waals surface area contributed by atoms with E-state index in [1.54, 1.807) is 24.3 Å². The first-order valence-electron chi connectivity index (χ1n) is 15.6. The van der Waals surface area contributed by atoms with E-state index in [9.17, 15) is 9.59 Å². The summed E-state index contributed by atoms with van der Waals surface area (Å²) < 4.78 is 23.7. The molecule has 2 fully saturated rings. The van der Waals surface area contributed by atoms with Crippen LogP contribution in [-0.4, -0.2) is 46.0 Å². The fraction of sp³-hybridized carbons (Fsp3) is 0.417. The van der Waals surface area contributed by atoms with Crippen LogP contribution in [0, 0.1) is 11.7 Å². The minimum atomic E-state index is -1.20. The molecule has 1 N–H and O–H groups in total. The first kappa shape index (κ1) is 31.2. The molecule has 4 aromatic rings. The number of halogens is 3. The monoisotopic (exact) mass is 662 g/mol. The van der Waals surface area contributed by atoms with Gasteiger partial charge in [0.05, 0.1) is 28.7 Å². The number of nitrogens with one attached hydrogen (secondary N) is 1. The number of hydrogen-bond acceptors (Lipinski definition) is 5. The van der Waals surface area contributed by atoms with Gasteiger partial charge in [0.2, 0.25) is 5.91 Å². The van der Waals surface area contributed by atoms with Gasteiger partial charge in [-0.25, -0.2) is 14.2 Å². The van der Waals surface area contributed by atoms with Crippen LogP contribution in [0.1, 0.15) is 91.2 Å². The van der Waals surface area contributed by atoms with Crippen molar-refractivity contribution in [2.75, 3.05) is 19.0 Å². The van der Waals surface area contributed by atoms with E-state index in [0.717, 1.165) is 48.3 Å². The number of carbonyl (C=O) groups is 2. The Labute approximate surface area is 278 Å². The molecule has 4 aliphatic rings. The highest BCUT2D eigenvalue weighted by molar-refractivity contribution is 6.31. The second kappa shape index (κ2) is 11.1. The van der Waals surface area contributed by atoms with Crippen LogP contribution < -0.4 is 5.32 Å². The summed E-state index contributed by atoms with van der Waals surface area (Å²) in [5, 5.41) is 3.67. The predicted octanol–water partition coefficient (Wildman–Crippen LogP) is 8.24. The number of rotatable bonds is 5. The Morgan fingerprint density at radius 1 is 1.15 bits per heavy atom. The number of methoxy groups -OCH3 is 1. The molecule has 4 atom stereocenters. The van der Waals surface area contributed by atoms with Crippen LogP contribution >= 0.6 is 23.2 Å². The molecule has 3 aliphatic heterocycles. The average Bonchev–Trinajstić information content (AvgIpc) is 3.61.